The monoisotopic (exact) mass is 956 g/mol. The van der Waals surface area contributed by atoms with Gasteiger partial charge in [0.1, 0.15) is 6.61 Å². The third-order valence-electron chi connectivity index (χ3n) is 17.0. The SMILES string of the molecule is Cc1ccc(S(=O)(=O)N(CCCC(=O)N[C@H]2CC[C@@]3(C)[C@H](CC[C@@H]4[C@@H]3C[C@@H](O)[C@]3(C)[C@@H](C5=CC(=O)OC5)CC[C@]43O)C2)C(=O)c2c3ccccc3[n+](CCCS(=O)(=O)O)c3ccccc23)cc1. The highest BCUT2D eigenvalue weighted by Gasteiger charge is 2.70. The van der Waals surface area contributed by atoms with Crippen molar-refractivity contribution in [2.45, 2.75) is 121 Å². The van der Waals surface area contributed by atoms with Gasteiger partial charge in [0.05, 0.1) is 38.7 Å². The van der Waals surface area contributed by atoms with Crippen LogP contribution >= 0.6 is 0 Å². The van der Waals surface area contributed by atoms with E-state index in [0.29, 0.717) is 41.1 Å². The highest BCUT2D eigenvalue weighted by Crippen LogP contribution is 2.70. The molecule has 4 aromatic rings. The summed E-state index contributed by atoms with van der Waals surface area (Å²) in [6.07, 6.45) is 6.74. The minimum atomic E-state index is -4.43. The van der Waals surface area contributed by atoms with Crippen molar-refractivity contribution in [1.29, 1.82) is 0 Å². The fourth-order valence-electron chi connectivity index (χ4n) is 13.5. The number of hydrogen-bond acceptors (Lipinski definition) is 10. The van der Waals surface area contributed by atoms with Crippen LogP contribution in [0.1, 0.15) is 100 Å². The number of aliphatic hydroxyl groups excluding tert-OH is 1. The zero-order chi connectivity index (χ0) is 47.7. The summed E-state index contributed by atoms with van der Waals surface area (Å²) < 4.78 is 69.8. The van der Waals surface area contributed by atoms with Crippen molar-refractivity contribution >= 4 is 59.7 Å². The molecule has 0 unspecified atom stereocenters. The Balaban J connectivity index is 0.913. The fraction of sp³-hybridized carbons (Fsp3) is 0.529. The maximum Gasteiger partial charge on any atom is 0.331 e. The van der Waals surface area contributed by atoms with Gasteiger partial charge >= 0.3 is 5.97 Å². The second-order valence-electron chi connectivity index (χ2n) is 20.4. The lowest BCUT2D eigenvalue weighted by Gasteiger charge is -2.65. The Morgan fingerprint density at radius 1 is 0.866 bits per heavy atom. The summed E-state index contributed by atoms with van der Waals surface area (Å²) in [6.45, 7) is 6.28. The van der Waals surface area contributed by atoms with Crippen molar-refractivity contribution in [3.63, 3.8) is 0 Å². The molecule has 9 rings (SSSR count). The van der Waals surface area contributed by atoms with E-state index in [1.165, 1.54) is 12.1 Å². The van der Waals surface area contributed by atoms with Crippen LogP contribution in [0.3, 0.4) is 0 Å². The molecule has 1 aliphatic heterocycles. The average molecular weight is 957 g/mol. The maximum atomic E-state index is 15.1. The number of amides is 2. The number of benzene rings is 3. The van der Waals surface area contributed by atoms with E-state index in [1.54, 1.807) is 66.7 Å². The zero-order valence-electron chi connectivity index (χ0n) is 38.4. The summed E-state index contributed by atoms with van der Waals surface area (Å²) >= 11 is 0. The largest absolute Gasteiger partial charge is 0.458 e. The molecule has 0 saturated heterocycles. The summed E-state index contributed by atoms with van der Waals surface area (Å²) in [6, 6.07) is 20.3. The second-order valence-corrected chi connectivity index (χ2v) is 23.8. The van der Waals surface area contributed by atoms with Crippen molar-refractivity contribution in [1.82, 2.24) is 9.62 Å². The third-order valence-corrected chi connectivity index (χ3v) is 19.6. The molecule has 9 atom stereocenters. The fourth-order valence-corrected chi connectivity index (χ4v) is 15.4. The molecule has 14 nitrogen and oxygen atoms in total. The first kappa shape index (κ1) is 47.3. The molecule has 0 radical (unpaired) electrons. The Morgan fingerprint density at radius 2 is 1.54 bits per heavy atom. The quantitative estimate of drug-likeness (QED) is 0.0514. The van der Waals surface area contributed by atoms with Gasteiger partial charge in [-0.25, -0.2) is 17.5 Å². The number of nitrogens with zero attached hydrogens (tertiary/aromatic N) is 2. The number of hydrogen-bond donors (Lipinski definition) is 4. The number of aryl methyl sites for hydroxylation is 2. The van der Waals surface area contributed by atoms with E-state index in [4.69, 9.17) is 4.74 Å². The van der Waals surface area contributed by atoms with E-state index in [9.17, 15) is 41.2 Å². The summed E-state index contributed by atoms with van der Waals surface area (Å²) in [5.41, 5.74) is 1.01. The lowest BCUT2D eigenvalue weighted by Crippen LogP contribution is -2.67. The van der Waals surface area contributed by atoms with E-state index in [2.05, 4.69) is 12.2 Å². The molecule has 358 valence electrons. The molecule has 4 aliphatic carbocycles. The van der Waals surface area contributed by atoms with Crippen LogP contribution in [-0.4, -0.2) is 90.3 Å². The Kier molecular flexibility index (Phi) is 12.5. The van der Waals surface area contributed by atoms with Gasteiger partial charge in [0.25, 0.3) is 26.0 Å². The molecular formula is C51H62N3O11S2+. The number of sulfonamides is 1. The van der Waals surface area contributed by atoms with E-state index < -0.39 is 48.9 Å². The summed E-state index contributed by atoms with van der Waals surface area (Å²) in [5.74, 6) is -1.59. The maximum absolute atomic E-state index is 15.1. The van der Waals surface area contributed by atoms with Gasteiger partial charge in [-0.3, -0.25) is 14.1 Å². The van der Waals surface area contributed by atoms with Crippen molar-refractivity contribution in [3.8, 4) is 0 Å². The number of carbonyl (C=O) groups excluding carboxylic acids is 3. The third kappa shape index (κ3) is 8.27. The molecule has 1 aromatic heterocycles. The van der Waals surface area contributed by atoms with Crippen LogP contribution in [0, 0.1) is 41.4 Å². The molecule has 4 fully saturated rings. The first-order valence-corrected chi connectivity index (χ1v) is 26.8. The normalized spacial score (nSPS) is 30.5. The van der Waals surface area contributed by atoms with Gasteiger partial charge in [0.15, 0.2) is 6.54 Å². The number of cyclic esters (lactones) is 1. The number of carbonyl (C=O) groups is 3. The van der Waals surface area contributed by atoms with Gasteiger partial charge in [-0.05, 0) is 124 Å². The molecule has 2 heterocycles. The standard InChI is InChI=1S/C51H61N3O11S2/c1-32-15-18-36(19-16-32)67(63,64)54(48(58)47-37-10-4-6-12-42(37)53(25-9-27-66(60,61)62)43-13-7-5-11-38(43)47)26-8-14-45(56)52-35-21-23-49(2)34(29-35)17-20-40-41(49)30-44(55)50(3)39(22-24-51(40,50)59)33-28-46(57)65-31-33/h4-7,10-13,15-16,18-19,28,34-35,39-41,44,55,59H,8-9,14,17,20-27,29-31H2,1-3H3,(H-,52,56,60,61,62)/p+1/t34-,35+,39-,40-,41+,44-,49+,50+,51+/m1/s1. The summed E-state index contributed by atoms with van der Waals surface area (Å²) in [5, 5.41) is 28.8. The molecule has 4 saturated carbocycles. The molecule has 67 heavy (non-hydrogen) atoms. The lowest BCUT2D eigenvalue weighted by atomic mass is 9.42. The second kappa shape index (κ2) is 17.7. The molecule has 0 bridgehead atoms. The van der Waals surface area contributed by atoms with Crippen LogP contribution in [-0.2, 0) is 41.0 Å². The number of pyridine rings is 1. The minimum absolute atomic E-state index is 0.00411. The minimum Gasteiger partial charge on any atom is -0.458 e. The number of fused-ring (bicyclic) bond motifs is 7. The number of aromatic nitrogens is 1. The van der Waals surface area contributed by atoms with Crippen molar-refractivity contribution in [3.05, 3.63) is 95.6 Å². The molecule has 0 spiro atoms. The predicted octanol–water partition coefficient (Wildman–Crippen LogP) is 6.19. The van der Waals surface area contributed by atoms with Crippen molar-refractivity contribution < 1.29 is 55.3 Å². The van der Waals surface area contributed by atoms with E-state index in [-0.39, 0.29) is 96.4 Å². The van der Waals surface area contributed by atoms with E-state index >= 15 is 4.79 Å². The first-order valence-electron chi connectivity index (χ1n) is 23.8. The van der Waals surface area contributed by atoms with Crippen LogP contribution in [0.4, 0.5) is 0 Å². The molecule has 16 heteroatoms. The number of para-hydroxylation sites is 2. The van der Waals surface area contributed by atoms with Gasteiger partial charge in [0.2, 0.25) is 16.9 Å². The van der Waals surface area contributed by atoms with Gasteiger partial charge in [-0.1, -0.05) is 55.8 Å². The Morgan fingerprint density at radius 3 is 2.18 bits per heavy atom. The Labute approximate surface area is 392 Å². The van der Waals surface area contributed by atoms with Crippen LogP contribution < -0.4 is 9.88 Å². The predicted molar refractivity (Wildman–Crippen MR) is 250 cm³/mol. The Hall–Kier alpha value is -4.74. The molecule has 4 N–H and O–H groups in total. The van der Waals surface area contributed by atoms with Crippen LogP contribution in [0.25, 0.3) is 21.8 Å². The summed E-state index contributed by atoms with van der Waals surface area (Å²) in [7, 11) is -8.65. The number of aliphatic hydroxyl groups is 2. The smallest absolute Gasteiger partial charge is 0.331 e. The van der Waals surface area contributed by atoms with Crippen LogP contribution in [0.5, 0.6) is 0 Å². The van der Waals surface area contributed by atoms with Gasteiger partial charge in [0, 0.05) is 49.1 Å². The van der Waals surface area contributed by atoms with E-state index in [0.717, 1.165) is 47.5 Å². The first-order chi connectivity index (χ1) is 31.8. The molecule has 2 amide bonds. The van der Waals surface area contributed by atoms with Crippen molar-refractivity contribution in [2.75, 3.05) is 18.9 Å². The van der Waals surface area contributed by atoms with Crippen LogP contribution in [0.15, 0.2) is 89.3 Å². The van der Waals surface area contributed by atoms with Gasteiger partial charge < -0.3 is 20.3 Å². The average Bonchev–Trinajstić information content (AvgIpc) is 3.84. The topological polar surface area (TPSA) is 209 Å². The molecule has 5 aliphatic rings. The molecular weight excluding hydrogens is 895 g/mol. The van der Waals surface area contributed by atoms with Crippen LogP contribution in [0.2, 0.25) is 0 Å². The zero-order valence-corrected chi connectivity index (χ0v) is 40.0. The summed E-state index contributed by atoms with van der Waals surface area (Å²) in [4.78, 5) is 40.8. The number of rotatable bonds is 13. The van der Waals surface area contributed by atoms with E-state index in [1.807, 2.05) is 18.4 Å². The number of ether oxygens (including phenoxy) is 1. The highest BCUT2D eigenvalue weighted by atomic mass is 32.2. The lowest BCUT2D eigenvalue weighted by molar-refractivity contribution is -0.645. The Bertz CT molecular complexity index is 2830. The molecule has 3 aromatic carbocycles. The van der Waals surface area contributed by atoms with Gasteiger partial charge in [-0.2, -0.15) is 13.0 Å². The van der Waals surface area contributed by atoms with Gasteiger partial charge in [-0.15, -0.1) is 0 Å². The number of nitrogens with one attached hydrogen (secondary N) is 1. The van der Waals surface area contributed by atoms with Crippen molar-refractivity contribution in [2.24, 2.45) is 34.5 Å². The highest BCUT2D eigenvalue weighted by molar-refractivity contribution is 7.89. The number of esters is 1.